The molecule has 0 spiro atoms. The van der Waals surface area contributed by atoms with Crippen LogP contribution in [0.25, 0.3) is 0 Å². The van der Waals surface area contributed by atoms with Crippen LogP contribution in [-0.4, -0.2) is 22.6 Å². The van der Waals surface area contributed by atoms with Gasteiger partial charge in [-0.05, 0) is 24.8 Å². The van der Waals surface area contributed by atoms with Crippen LogP contribution < -0.4 is 5.32 Å². The molecule has 1 heterocycles. The van der Waals surface area contributed by atoms with Gasteiger partial charge in [-0.15, -0.1) is 0 Å². The van der Waals surface area contributed by atoms with Crippen LogP contribution in [0, 0.1) is 17.2 Å². The minimum atomic E-state index is -0.761. The van der Waals surface area contributed by atoms with Crippen molar-refractivity contribution in [3.63, 3.8) is 0 Å². The Balaban J connectivity index is 2.47. The third-order valence-electron chi connectivity index (χ3n) is 3.20. The number of nitrogens with zero attached hydrogens (tertiary/aromatic N) is 2. The molecule has 0 aliphatic rings. The first-order chi connectivity index (χ1) is 9.58. The summed E-state index contributed by atoms with van der Waals surface area (Å²) in [5.74, 6) is 0.0955. The van der Waals surface area contributed by atoms with Gasteiger partial charge in [0.25, 0.3) is 0 Å². The number of halogens is 1. The summed E-state index contributed by atoms with van der Waals surface area (Å²) in [6.45, 7) is 2.70. The molecule has 0 fully saturated rings. The smallest absolute Gasteiger partial charge is 0.303 e. The standard InChI is InChI=1S/C14H18ClN3O2/c1-2-10(3-4-12(19)20)5-7-17-14-13(15)11(9-16)6-8-18-14/h6,8,10H,2-5,7H2,1H3,(H,17,18)(H,19,20). The molecule has 1 rings (SSSR count). The zero-order valence-electron chi connectivity index (χ0n) is 11.4. The fourth-order valence-electron chi connectivity index (χ4n) is 1.93. The molecule has 5 nitrogen and oxygen atoms in total. The number of hydrogen-bond acceptors (Lipinski definition) is 4. The van der Waals surface area contributed by atoms with E-state index in [0.717, 1.165) is 12.8 Å². The SMILES string of the molecule is CCC(CCNc1nccc(C#N)c1Cl)CCC(=O)O. The van der Waals surface area contributed by atoms with Gasteiger partial charge in [-0.1, -0.05) is 24.9 Å². The summed E-state index contributed by atoms with van der Waals surface area (Å²) >= 11 is 6.04. The van der Waals surface area contributed by atoms with Crippen LogP contribution in [0.4, 0.5) is 5.82 Å². The van der Waals surface area contributed by atoms with Gasteiger partial charge in [0.1, 0.15) is 16.9 Å². The maximum Gasteiger partial charge on any atom is 0.303 e. The van der Waals surface area contributed by atoms with E-state index >= 15 is 0 Å². The largest absolute Gasteiger partial charge is 0.481 e. The summed E-state index contributed by atoms with van der Waals surface area (Å²) in [6.07, 6.45) is 4.19. The summed E-state index contributed by atoms with van der Waals surface area (Å²) in [6, 6.07) is 3.57. The van der Waals surface area contributed by atoms with E-state index in [0.29, 0.717) is 35.3 Å². The van der Waals surface area contributed by atoms with E-state index in [4.69, 9.17) is 22.0 Å². The second-order valence-electron chi connectivity index (χ2n) is 4.56. The predicted octanol–water partition coefficient (Wildman–Crippen LogP) is 3.30. The molecule has 0 saturated heterocycles. The van der Waals surface area contributed by atoms with Gasteiger partial charge < -0.3 is 10.4 Å². The number of carbonyl (C=O) groups is 1. The maximum absolute atomic E-state index is 10.6. The molecule has 1 unspecified atom stereocenters. The normalized spacial score (nSPS) is 11.7. The Morgan fingerprint density at radius 1 is 1.60 bits per heavy atom. The van der Waals surface area contributed by atoms with E-state index < -0.39 is 5.97 Å². The summed E-state index contributed by atoms with van der Waals surface area (Å²) in [5.41, 5.74) is 0.391. The zero-order chi connectivity index (χ0) is 15.0. The Bertz CT molecular complexity index is 500. The van der Waals surface area contributed by atoms with Crippen LogP contribution in [-0.2, 0) is 4.79 Å². The molecule has 0 aromatic carbocycles. The molecule has 0 aliphatic carbocycles. The Morgan fingerprint density at radius 2 is 2.35 bits per heavy atom. The molecule has 6 heteroatoms. The molecule has 1 aromatic heterocycles. The molecule has 20 heavy (non-hydrogen) atoms. The van der Waals surface area contributed by atoms with Crippen molar-refractivity contribution in [2.45, 2.75) is 32.6 Å². The van der Waals surface area contributed by atoms with Crippen molar-refractivity contribution in [2.75, 3.05) is 11.9 Å². The lowest BCUT2D eigenvalue weighted by Gasteiger charge is -2.14. The van der Waals surface area contributed by atoms with Gasteiger partial charge >= 0.3 is 5.97 Å². The third-order valence-corrected chi connectivity index (χ3v) is 3.58. The highest BCUT2D eigenvalue weighted by Crippen LogP contribution is 2.23. The van der Waals surface area contributed by atoms with Crippen molar-refractivity contribution >= 4 is 23.4 Å². The first kappa shape index (κ1) is 16.3. The van der Waals surface area contributed by atoms with Crippen LogP contribution in [0.3, 0.4) is 0 Å². The van der Waals surface area contributed by atoms with Crippen LogP contribution in [0.5, 0.6) is 0 Å². The minimum Gasteiger partial charge on any atom is -0.481 e. The first-order valence-corrected chi connectivity index (χ1v) is 6.96. The lowest BCUT2D eigenvalue weighted by atomic mass is 9.97. The van der Waals surface area contributed by atoms with E-state index in [1.165, 1.54) is 6.20 Å². The second-order valence-corrected chi connectivity index (χ2v) is 4.93. The fraction of sp³-hybridized carbons (Fsp3) is 0.500. The number of anilines is 1. The monoisotopic (exact) mass is 295 g/mol. The van der Waals surface area contributed by atoms with Crippen LogP contribution in [0.2, 0.25) is 5.02 Å². The Labute approximate surface area is 123 Å². The van der Waals surface area contributed by atoms with Gasteiger partial charge in [0.15, 0.2) is 0 Å². The van der Waals surface area contributed by atoms with Crippen molar-refractivity contribution in [2.24, 2.45) is 5.92 Å². The van der Waals surface area contributed by atoms with E-state index in [2.05, 4.69) is 10.3 Å². The molecule has 0 radical (unpaired) electrons. The topological polar surface area (TPSA) is 86.0 Å². The molecule has 108 valence electrons. The maximum atomic E-state index is 10.6. The lowest BCUT2D eigenvalue weighted by molar-refractivity contribution is -0.137. The van der Waals surface area contributed by atoms with Gasteiger partial charge in [0, 0.05) is 19.2 Å². The van der Waals surface area contributed by atoms with Gasteiger partial charge in [-0.3, -0.25) is 4.79 Å². The predicted molar refractivity (Wildman–Crippen MR) is 77.7 cm³/mol. The highest BCUT2D eigenvalue weighted by atomic mass is 35.5. The number of rotatable bonds is 8. The molecule has 0 aliphatic heterocycles. The van der Waals surface area contributed by atoms with E-state index in [1.54, 1.807) is 6.07 Å². The minimum absolute atomic E-state index is 0.196. The Morgan fingerprint density at radius 3 is 2.95 bits per heavy atom. The quantitative estimate of drug-likeness (QED) is 0.768. The highest BCUT2D eigenvalue weighted by molar-refractivity contribution is 6.34. The second kappa shape index (κ2) is 8.39. The number of pyridine rings is 1. The third kappa shape index (κ3) is 5.06. The molecule has 1 aromatic rings. The summed E-state index contributed by atoms with van der Waals surface area (Å²) in [5, 5.41) is 21.0. The number of carboxylic acids is 1. The van der Waals surface area contributed by atoms with Crippen molar-refractivity contribution in [1.82, 2.24) is 4.98 Å². The number of aromatic nitrogens is 1. The molecule has 1 atom stereocenters. The number of hydrogen-bond donors (Lipinski definition) is 2. The van der Waals surface area contributed by atoms with E-state index in [1.807, 2.05) is 13.0 Å². The Kier molecular flexibility index (Phi) is 6.82. The van der Waals surface area contributed by atoms with Gasteiger partial charge in [-0.25, -0.2) is 4.98 Å². The molecule has 0 bridgehead atoms. The molecular weight excluding hydrogens is 278 g/mol. The van der Waals surface area contributed by atoms with Crippen LogP contribution in [0.15, 0.2) is 12.3 Å². The van der Waals surface area contributed by atoms with Crippen molar-refractivity contribution in [3.8, 4) is 6.07 Å². The number of aliphatic carboxylic acids is 1. The summed E-state index contributed by atoms with van der Waals surface area (Å²) in [4.78, 5) is 14.7. The first-order valence-electron chi connectivity index (χ1n) is 6.58. The van der Waals surface area contributed by atoms with Crippen LogP contribution >= 0.6 is 11.6 Å². The average molecular weight is 296 g/mol. The lowest BCUT2D eigenvalue weighted by Crippen LogP contribution is -2.11. The van der Waals surface area contributed by atoms with E-state index in [9.17, 15) is 4.79 Å². The molecule has 0 saturated carbocycles. The van der Waals surface area contributed by atoms with Crippen molar-refractivity contribution < 1.29 is 9.90 Å². The number of nitrogens with one attached hydrogen (secondary N) is 1. The highest BCUT2D eigenvalue weighted by Gasteiger charge is 2.10. The molecule has 0 amide bonds. The van der Waals surface area contributed by atoms with Crippen molar-refractivity contribution in [1.29, 1.82) is 5.26 Å². The van der Waals surface area contributed by atoms with Gasteiger partial charge in [0.2, 0.25) is 0 Å². The van der Waals surface area contributed by atoms with Crippen molar-refractivity contribution in [3.05, 3.63) is 22.8 Å². The van der Waals surface area contributed by atoms with E-state index in [-0.39, 0.29) is 6.42 Å². The molecular formula is C14H18ClN3O2. The number of nitriles is 1. The summed E-state index contributed by atoms with van der Waals surface area (Å²) < 4.78 is 0. The van der Waals surface area contributed by atoms with Gasteiger partial charge in [-0.2, -0.15) is 5.26 Å². The summed E-state index contributed by atoms with van der Waals surface area (Å²) in [7, 11) is 0. The number of carboxylic acid groups (broad SMARTS) is 1. The van der Waals surface area contributed by atoms with Crippen LogP contribution in [0.1, 0.15) is 38.2 Å². The molecule has 2 N–H and O–H groups in total. The zero-order valence-corrected chi connectivity index (χ0v) is 12.2. The Hall–Kier alpha value is -1.80. The fourth-order valence-corrected chi connectivity index (χ4v) is 2.15. The van der Waals surface area contributed by atoms with Gasteiger partial charge in [0.05, 0.1) is 5.56 Å². The average Bonchev–Trinajstić information content (AvgIpc) is 2.44.